The fourth-order valence-corrected chi connectivity index (χ4v) is 0.576. The summed E-state index contributed by atoms with van der Waals surface area (Å²) in [5.74, 6) is -1.02. The molecule has 0 spiro atoms. The molecule has 0 aliphatic rings. The van der Waals surface area contributed by atoms with Crippen LogP contribution in [0.25, 0.3) is 0 Å². The number of carbonyl (C=O) groups is 1. The summed E-state index contributed by atoms with van der Waals surface area (Å²) in [4.78, 5) is 13.9. The molecule has 0 aliphatic heterocycles. The Hall–Kier alpha value is -0.980. The molecule has 7 N–H and O–H groups in total. The van der Waals surface area contributed by atoms with Crippen molar-refractivity contribution in [2.24, 2.45) is 22.2 Å². The summed E-state index contributed by atoms with van der Waals surface area (Å²) in [6.07, 6.45) is 3.56. The average Bonchev–Trinajstić information content (AvgIpc) is 2.02. The molecule has 6 nitrogen and oxygen atoms in total. The molecular formula is C7H16Cl2N4O2. The topological polar surface area (TPSA) is 128 Å². The van der Waals surface area contributed by atoms with Gasteiger partial charge in [0.1, 0.15) is 6.04 Å². The third-order valence-electron chi connectivity index (χ3n) is 1.25. The highest BCUT2D eigenvalue weighted by Gasteiger charge is 2.07. The van der Waals surface area contributed by atoms with Crippen molar-refractivity contribution in [3.63, 3.8) is 0 Å². The Kier molecular flexibility index (Phi) is 14.5. The van der Waals surface area contributed by atoms with Crippen LogP contribution in [0.5, 0.6) is 0 Å². The van der Waals surface area contributed by atoms with E-state index in [4.69, 9.17) is 22.3 Å². The van der Waals surface area contributed by atoms with Crippen LogP contribution in [0.2, 0.25) is 0 Å². The van der Waals surface area contributed by atoms with E-state index in [1.54, 1.807) is 12.2 Å². The predicted molar refractivity (Wildman–Crippen MR) is 64.5 cm³/mol. The standard InChI is InChI=1S/C7H14N4O2.2ClH/c8-5(6(12)13)3-1-2-4-11-7(9)10;;/h1-2,5H,3-4,8H2,(H,12,13)(H4,9,10,11);2*1H/b2-1+;;. The van der Waals surface area contributed by atoms with E-state index in [1.807, 2.05) is 0 Å². The lowest BCUT2D eigenvalue weighted by Gasteiger charge is -1.99. The van der Waals surface area contributed by atoms with E-state index in [-0.39, 0.29) is 37.2 Å². The molecule has 0 saturated carbocycles. The quantitative estimate of drug-likeness (QED) is 0.299. The summed E-state index contributed by atoms with van der Waals surface area (Å²) >= 11 is 0. The molecule has 0 rings (SSSR count). The van der Waals surface area contributed by atoms with Gasteiger partial charge in [-0.25, -0.2) is 4.99 Å². The first-order chi connectivity index (χ1) is 6.04. The second-order valence-corrected chi connectivity index (χ2v) is 2.42. The van der Waals surface area contributed by atoms with Crippen LogP contribution in [0, 0.1) is 0 Å². The number of guanidine groups is 1. The third kappa shape index (κ3) is 13.0. The predicted octanol–water partition coefficient (Wildman–Crippen LogP) is -0.538. The van der Waals surface area contributed by atoms with Crippen molar-refractivity contribution in [1.82, 2.24) is 0 Å². The number of aliphatic imine (C=N–C) groups is 1. The fourth-order valence-electron chi connectivity index (χ4n) is 0.576. The van der Waals surface area contributed by atoms with Crippen LogP contribution in [0.15, 0.2) is 17.1 Å². The zero-order valence-corrected chi connectivity index (χ0v) is 9.63. The van der Waals surface area contributed by atoms with Gasteiger partial charge in [0.15, 0.2) is 5.96 Å². The van der Waals surface area contributed by atoms with Crippen LogP contribution >= 0.6 is 24.8 Å². The van der Waals surface area contributed by atoms with Crippen molar-refractivity contribution < 1.29 is 9.90 Å². The molecule has 0 saturated heterocycles. The van der Waals surface area contributed by atoms with E-state index in [9.17, 15) is 4.79 Å². The smallest absolute Gasteiger partial charge is 0.320 e. The minimum atomic E-state index is -1.02. The average molecular weight is 259 g/mol. The molecule has 1 unspecified atom stereocenters. The van der Waals surface area contributed by atoms with Gasteiger partial charge in [-0.05, 0) is 6.42 Å². The van der Waals surface area contributed by atoms with Gasteiger partial charge < -0.3 is 22.3 Å². The van der Waals surface area contributed by atoms with E-state index in [0.29, 0.717) is 6.54 Å². The molecule has 0 heterocycles. The number of aliphatic carboxylic acids is 1. The second kappa shape index (κ2) is 11.1. The van der Waals surface area contributed by atoms with Crippen LogP contribution in [0.4, 0.5) is 0 Å². The minimum Gasteiger partial charge on any atom is -0.480 e. The maximum Gasteiger partial charge on any atom is 0.320 e. The highest BCUT2D eigenvalue weighted by Crippen LogP contribution is 1.90. The molecule has 0 aromatic carbocycles. The van der Waals surface area contributed by atoms with Crippen LogP contribution in [0.1, 0.15) is 6.42 Å². The van der Waals surface area contributed by atoms with Crippen molar-refractivity contribution in [1.29, 1.82) is 0 Å². The Morgan fingerprint density at radius 1 is 1.33 bits per heavy atom. The second-order valence-electron chi connectivity index (χ2n) is 2.42. The van der Waals surface area contributed by atoms with E-state index < -0.39 is 12.0 Å². The van der Waals surface area contributed by atoms with Crippen molar-refractivity contribution in [3.05, 3.63) is 12.2 Å². The summed E-state index contributed by atoms with van der Waals surface area (Å²) in [5.41, 5.74) is 15.3. The summed E-state index contributed by atoms with van der Waals surface area (Å²) in [7, 11) is 0. The molecule has 90 valence electrons. The molecule has 1 atom stereocenters. The Labute approximate surface area is 100 Å². The molecule has 8 heteroatoms. The van der Waals surface area contributed by atoms with Crippen molar-refractivity contribution in [2.45, 2.75) is 12.5 Å². The molecule has 0 amide bonds. The highest BCUT2D eigenvalue weighted by molar-refractivity contribution is 5.85. The van der Waals surface area contributed by atoms with Crippen LogP contribution in [-0.4, -0.2) is 29.6 Å². The Morgan fingerprint density at radius 3 is 2.27 bits per heavy atom. The fraction of sp³-hybridized carbons (Fsp3) is 0.429. The van der Waals surface area contributed by atoms with E-state index >= 15 is 0 Å². The SMILES string of the molecule is Cl.Cl.NC(N)=NC/C=C/CC(N)C(=O)O. The Morgan fingerprint density at radius 2 is 1.87 bits per heavy atom. The van der Waals surface area contributed by atoms with Crippen molar-refractivity contribution in [2.75, 3.05) is 6.54 Å². The summed E-state index contributed by atoms with van der Waals surface area (Å²) in [5, 5.41) is 8.40. The summed E-state index contributed by atoms with van der Waals surface area (Å²) in [6.45, 7) is 0.342. The van der Waals surface area contributed by atoms with Gasteiger partial charge in [0.05, 0.1) is 6.54 Å². The minimum absolute atomic E-state index is 0. The number of carboxylic acids is 1. The molecule has 0 aromatic rings. The third-order valence-corrected chi connectivity index (χ3v) is 1.25. The highest BCUT2D eigenvalue weighted by atomic mass is 35.5. The number of carboxylic acid groups (broad SMARTS) is 1. The van der Waals surface area contributed by atoms with Gasteiger partial charge in [0.2, 0.25) is 0 Å². The van der Waals surface area contributed by atoms with Crippen LogP contribution in [0.3, 0.4) is 0 Å². The maximum atomic E-state index is 10.2. The molecule has 0 bridgehead atoms. The number of rotatable bonds is 5. The van der Waals surface area contributed by atoms with E-state index in [1.165, 1.54) is 0 Å². The first kappa shape index (κ1) is 19.6. The lowest BCUT2D eigenvalue weighted by atomic mass is 10.2. The normalized spacial score (nSPS) is 11.0. The van der Waals surface area contributed by atoms with Gasteiger partial charge >= 0.3 is 5.97 Å². The molecule has 0 radical (unpaired) electrons. The molecule has 0 aromatic heterocycles. The van der Waals surface area contributed by atoms with E-state index in [2.05, 4.69) is 4.99 Å². The van der Waals surface area contributed by atoms with Crippen LogP contribution < -0.4 is 17.2 Å². The number of halogens is 2. The van der Waals surface area contributed by atoms with Gasteiger partial charge in [-0.2, -0.15) is 0 Å². The Bertz CT molecular complexity index is 229. The lowest BCUT2D eigenvalue weighted by Crippen LogP contribution is -2.29. The Balaban J connectivity index is -0.000000720. The first-order valence-electron chi connectivity index (χ1n) is 3.73. The zero-order valence-electron chi connectivity index (χ0n) is 8.00. The zero-order chi connectivity index (χ0) is 10.3. The number of nitrogens with zero attached hydrogens (tertiary/aromatic N) is 1. The summed E-state index contributed by atoms with van der Waals surface area (Å²) < 4.78 is 0. The van der Waals surface area contributed by atoms with Gasteiger partial charge in [-0.3, -0.25) is 4.79 Å². The lowest BCUT2D eigenvalue weighted by molar-refractivity contribution is -0.138. The number of hydrogen-bond donors (Lipinski definition) is 4. The monoisotopic (exact) mass is 258 g/mol. The molecular weight excluding hydrogens is 243 g/mol. The first-order valence-corrected chi connectivity index (χ1v) is 3.73. The van der Waals surface area contributed by atoms with Crippen molar-refractivity contribution >= 4 is 36.7 Å². The van der Waals surface area contributed by atoms with E-state index in [0.717, 1.165) is 0 Å². The molecule has 15 heavy (non-hydrogen) atoms. The molecule has 0 aliphatic carbocycles. The van der Waals surface area contributed by atoms with Gasteiger partial charge in [-0.15, -0.1) is 24.8 Å². The van der Waals surface area contributed by atoms with Crippen LogP contribution in [-0.2, 0) is 4.79 Å². The summed E-state index contributed by atoms with van der Waals surface area (Å²) in [6, 6.07) is -0.865. The van der Waals surface area contributed by atoms with Gasteiger partial charge in [0.25, 0.3) is 0 Å². The number of nitrogens with two attached hydrogens (primary N) is 3. The van der Waals surface area contributed by atoms with Gasteiger partial charge in [-0.1, -0.05) is 12.2 Å². The molecule has 0 fully saturated rings. The number of hydrogen-bond acceptors (Lipinski definition) is 3. The van der Waals surface area contributed by atoms with Gasteiger partial charge in [0, 0.05) is 0 Å². The maximum absolute atomic E-state index is 10.2. The largest absolute Gasteiger partial charge is 0.480 e. The van der Waals surface area contributed by atoms with Crippen molar-refractivity contribution in [3.8, 4) is 0 Å².